The minimum atomic E-state index is 0.231. The summed E-state index contributed by atoms with van der Waals surface area (Å²) in [5.41, 5.74) is 2.05. The number of imidazole rings is 1. The zero-order chi connectivity index (χ0) is 19.2. The molecule has 4 heterocycles. The Morgan fingerprint density at radius 2 is 2.11 bits per heavy atom. The van der Waals surface area contributed by atoms with Gasteiger partial charge in [0, 0.05) is 39.0 Å². The largest absolute Gasteiger partial charge is 0.468 e. The van der Waals surface area contributed by atoms with Crippen LogP contribution in [-0.4, -0.2) is 53.5 Å². The highest BCUT2D eigenvalue weighted by Gasteiger charge is 2.25. The zero-order valence-electron chi connectivity index (χ0n) is 16.3. The number of fused-ring (bicyclic) bond motifs is 1. The molecule has 1 saturated heterocycles. The van der Waals surface area contributed by atoms with Gasteiger partial charge in [-0.05, 0) is 50.2 Å². The number of nitrogens with zero attached hydrogens (tertiary/aromatic N) is 4. The molecule has 7 nitrogen and oxygen atoms in total. The molecule has 0 aliphatic carbocycles. The van der Waals surface area contributed by atoms with Gasteiger partial charge in [-0.1, -0.05) is 6.07 Å². The van der Waals surface area contributed by atoms with Gasteiger partial charge in [-0.25, -0.2) is 4.98 Å². The van der Waals surface area contributed by atoms with Gasteiger partial charge in [0.25, 0.3) is 0 Å². The van der Waals surface area contributed by atoms with Gasteiger partial charge in [0.2, 0.25) is 0 Å². The van der Waals surface area contributed by atoms with Gasteiger partial charge in [0.1, 0.15) is 11.4 Å². The minimum absolute atomic E-state index is 0.231. The zero-order valence-corrected chi connectivity index (χ0v) is 16.3. The summed E-state index contributed by atoms with van der Waals surface area (Å²) in [7, 11) is 1.80. The first-order chi connectivity index (χ1) is 13.8. The van der Waals surface area contributed by atoms with Crippen LogP contribution in [0, 0.1) is 0 Å². The predicted molar refractivity (Wildman–Crippen MR) is 111 cm³/mol. The molecule has 0 spiro atoms. The highest BCUT2D eigenvalue weighted by atomic mass is 16.3. The summed E-state index contributed by atoms with van der Waals surface area (Å²) in [6, 6.07) is 10.3. The number of pyridine rings is 1. The second-order valence-corrected chi connectivity index (χ2v) is 7.10. The molecule has 3 aromatic heterocycles. The number of rotatable bonds is 7. The Hall–Kier alpha value is -2.80. The van der Waals surface area contributed by atoms with Gasteiger partial charge < -0.3 is 19.5 Å². The number of furan rings is 1. The van der Waals surface area contributed by atoms with Crippen LogP contribution in [0.15, 0.2) is 58.4 Å². The lowest BCUT2D eigenvalue weighted by molar-refractivity contribution is 0.215. The lowest BCUT2D eigenvalue weighted by atomic mass is 10.2. The SMILES string of the molecule is CN=C(NCCc1cn2ccccc2n1)NCC(c1ccco1)N1CCCC1. The fourth-order valence-electron chi connectivity index (χ4n) is 3.77. The van der Waals surface area contributed by atoms with Crippen molar-refractivity contribution in [2.45, 2.75) is 25.3 Å². The van der Waals surface area contributed by atoms with Gasteiger partial charge in [0.15, 0.2) is 5.96 Å². The number of likely N-dealkylation sites (tertiary alicyclic amines) is 1. The van der Waals surface area contributed by atoms with Crippen molar-refractivity contribution < 1.29 is 4.42 Å². The van der Waals surface area contributed by atoms with Crippen LogP contribution >= 0.6 is 0 Å². The Labute approximate surface area is 165 Å². The molecule has 0 amide bonds. The topological polar surface area (TPSA) is 70.1 Å². The number of hydrogen-bond acceptors (Lipinski definition) is 4. The lowest BCUT2D eigenvalue weighted by Crippen LogP contribution is -2.43. The lowest BCUT2D eigenvalue weighted by Gasteiger charge is -2.26. The second-order valence-electron chi connectivity index (χ2n) is 7.10. The average Bonchev–Trinajstić information content (AvgIpc) is 3.48. The van der Waals surface area contributed by atoms with Crippen LogP contribution in [0.1, 0.15) is 30.3 Å². The van der Waals surface area contributed by atoms with Crippen molar-refractivity contribution in [2.75, 3.05) is 33.2 Å². The summed E-state index contributed by atoms with van der Waals surface area (Å²) < 4.78 is 7.74. The molecule has 0 saturated carbocycles. The molecule has 1 fully saturated rings. The first-order valence-corrected chi connectivity index (χ1v) is 9.98. The maximum Gasteiger partial charge on any atom is 0.191 e. The van der Waals surface area contributed by atoms with Gasteiger partial charge in [-0.15, -0.1) is 0 Å². The first kappa shape index (κ1) is 18.6. The molecule has 2 N–H and O–H groups in total. The Bertz CT molecular complexity index is 862. The molecule has 1 aliphatic heterocycles. The number of nitrogens with one attached hydrogen (secondary N) is 2. The maximum atomic E-state index is 5.69. The van der Waals surface area contributed by atoms with Crippen LogP contribution < -0.4 is 10.6 Å². The normalized spacial score (nSPS) is 16.5. The van der Waals surface area contributed by atoms with E-state index in [-0.39, 0.29) is 6.04 Å². The van der Waals surface area contributed by atoms with E-state index < -0.39 is 0 Å². The van der Waals surface area contributed by atoms with Crippen LogP contribution in [0.4, 0.5) is 0 Å². The van der Waals surface area contributed by atoms with Crippen molar-refractivity contribution in [3.63, 3.8) is 0 Å². The molecule has 28 heavy (non-hydrogen) atoms. The third kappa shape index (κ3) is 4.36. The quantitative estimate of drug-likeness (QED) is 0.487. The van der Waals surface area contributed by atoms with Crippen molar-refractivity contribution in [1.29, 1.82) is 0 Å². The van der Waals surface area contributed by atoms with E-state index in [9.17, 15) is 0 Å². The Kier molecular flexibility index (Phi) is 5.92. The number of guanidine groups is 1. The van der Waals surface area contributed by atoms with Crippen LogP contribution in [0.2, 0.25) is 0 Å². The van der Waals surface area contributed by atoms with E-state index in [1.165, 1.54) is 12.8 Å². The van der Waals surface area contributed by atoms with Crippen molar-refractivity contribution in [1.82, 2.24) is 24.9 Å². The smallest absolute Gasteiger partial charge is 0.191 e. The van der Waals surface area contributed by atoms with Crippen molar-refractivity contribution in [3.8, 4) is 0 Å². The van der Waals surface area contributed by atoms with Crippen LogP contribution in [-0.2, 0) is 6.42 Å². The average molecular weight is 380 g/mol. The molecule has 7 heteroatoms. The molecule has 148 valence electrons. The maximum absolute atomic E-state index is 5.69. The summed E-state index contributed by atoms with van der Waals surface area (Å²) in [5, 5.41) is 6.85. The monoisotopic (exact) mass is 380 g/mol. The number of hydrogen-bond donors (Lipinski definition) is 2. The summed E-state index contributed by atoms with van der Waals surface area (Å²) in [6.07, 6.45) is 9.20. The van der Waals surface area contributed by atoms with Gasteiger partial charge >= 0.3 is 0 Å². The second kappa shape index (κ2) is 8.93. The molecule has 0 radical (unpaired) electrons. The summed E-state index contributed by atoms with van der Waals surface area (Å²) in [6.45, 7) is 3.78. The molecular weight excluding hydrogens is 352 g/mol. The highest BCUT2D eigenvalue weighted by Crippen LogP contribution is 2.24. The van der Waals surface area contributed by atoms with E-state index in [2.05, 4.69) is 37.8 Å². The van der Waals surface area contributed by atoms with E-state index in [1.807, 2.05) is 34.9 Å². The molecule has 1 unspecified atom stereocenters. The summed E-state index contributed by atoms with van der Waals surface area (Å²) in [4.78, 5) is 11.5. The van der Waals surface area contributed by atoms with E-state index >= 15 is 0 Å². The Morgan fingerprint density at radius 3 is 2.86 bits per heavy atom. The molecule has 4 rings (SSSR count). The first-order valence-electron chi connectivity index (χ1n) is 9.98. The van der Waals surface area contributed by atoms with Crippen LogP contribution in [0.3, 0.4) is 0 Å². The third-order valence-electron chi connectivity index (χ3n) is 5.23. The van der Waals surface area contributed by atoms with Crippen LogP contribution in [0.5, 0.6) is 0 Å². The molecule has 0 bridgehead atoms. The Morgan fingerprint density at radius 1 is 1.21 bits per heavy atom. The van der Waals surface area contributed by atoms with E-state index in [1.54, 1.807) is 13.3 Å². The van der Waals surface area contributed by atoms with Gasteiger partial charge in [0.05, 0.1) is 18.0 Å². The Balaban J connectivity index is 1.30. The molecule has 1 atom stereocenters. The molecular formula is C21H28N6O. The fraction of sp³-hybridized carbons (Fsp3) is 0.429. The molecule has 1 aliphatic rings. The highest BCUT2D eigenvalue weighted by molar-refractivity contribution is 5.79. The number of aromatic nitrogens is 2. The fourth-order valence-corrected chi connectivity index (χ4v) is 3.77. The summed E-state index contributed by atoms with van der Waals surface area (Å²) >= 11 is 0. The minimum Gasteiger partial charge on any atom is -0.468 e. The van der Waals surface area contributed by atoms with Crippen LogP contribution in [0.25, 0.3) is 5.65 Å². The van der Waals surface area contributed by atoms with Gasteiger partial charge in [-0.3, -0.25) is 9.89 Å². The van der Waals surface area contributed by atoms with Gasteiger partial charge in [-0.2, -0.15) is 0 Å². The van der Waals surface area contributed by atoms with E-state index in [0.717, 1.165) is 55.7 Å². The van der Waals surface area contributed by atoms with E-state index in [4.69, 9.17) is 4.42 Å². The molecule has 3 aromatic rings. The summed E-state index contributed by atoms with van der Waals surface area (Å²) in [5.74, 6) is 1.81. The number of aliphatic imine (C=N–C) groups is 1. The van der Waals surface area contributed by atoms with Crippen molar-refractivity contribution in [2.24, 2.45) is 4.99 Å². The van der Waals surface area contributed by atoms with Crippen molar-refractivity contribution >= 4 is 11.6 Å². The van der Waals surface area contributed by atoms with Crippen molar-refractivity contribution in [3.05, 3.63) is 60.4 Å². The predicted octanol–water partition coefficient (Wildman–Crippen LogP) is 2.47. The standard InChI is InChI=1S/C21H28N6O/c1-22-21(23-10-9-17-16-27-13-3-2-8-20(27)25-17)24-15-18(19-7-6-14-28-19)26-11-4-5-12-26/h2-3,6-8,13-14,16,18H,4-5,9-12,15H2,1H3,(H2,22,23,24). The van der Waals surface area contributed by atoms with E-state index in [0.29, 0.717) is 0 Å². The third-order valence-corrected chi connectivity index (χ3v) is 5.23. The molecule has 0 aromatic carbocycles.